The number of nitrogens with zero attached hydrogens (tertiary/aromatic N) is 1. The van der Waals surface area contributed by atoms with E-state index in [1.807, 2.05) is 13.0 Å². The minimum absolute atomic E-state index is 0.0971. The van der Waals surface area contributed by atoms with Gasteiger partial charge in [0, 0.05) is 11.6 Å². The molecule has 0 aromatic heterocycles. The Labute approximate surface area is 115 Å². The standard InChI is InChI=1S/C16H22N2O/c1-3-4-5-6-8-13(2)18-16(19)15-10-7-9-14(11-15)12-17/h7,9-11,13H,3-6,8H2,1-2H3,(H,18,19). The van der Waals surface area contributed by atoms with Crippen LogP contribution in [-0.4, -0.2) is 11.9 Å². The summed E-state index contributed by atoms with van der Waals surface area (Å²) in [5.41, 5.74) is 1.07. The molecular weight excluding hydrogens is 236 g/mol. The van der Waals surface area contributed by atoms with Crippen LogP contribution in [0.2, 0.25) is 0 Å². The number of rotatable bonds is 7. The second kappa shape index (κ2) is 8.31. The van der Waals surface area contributed by atoms with Gasteiger partial charge in [0.25, 0.3) is 5.91 Å². The highest BCUT2D eigenvalue weighted by Gasteiger charge is 2.09. The fourth-order valence-corrected chi connectivity index (χ4v) is 1.99. The largest absolute Gasteiger partial charge is 0.350 e. The summed E-state index contributed by atoms with van der Waals surface area (Å²) >= 11 is 0. The number of nitrogens with one attached hydrogen (secondary N) is 1. The molecule has 1 atom stereocenters. The number of unbranched alkanes of at least 4 members (excludes halogenated alkanes) is 3. The van der Waals surface area contributed by atoms with Crippen LogP contribution >= 0.6 is 0 Å². The lowest BCUT2D eigenvalue weighted by molar-refractivity contribution is 0.0938. The van der Waals surface area contributed by atoms with Crippen molar-refractivity contribution >= 4 is 5.91 Å². The van der Waals surface area contributed by atoms with E-state index >= 15 is 0 Å². The average Bonchev–Trinajstić information content (AvgIpc) is 2.43. The van der Waals surface area contributed by atoms with Gasteiger partial charge in [-0.15, -0.1) is 0 Å². The third-order valence-electron chi connectivity index (χ3n) is 3.12. The van der Waals surface area contributed by atoms with E-state index in [1.165, 1.54) is 19.3 Å². The van der Waals surface area contributed by atoms with Crippen molar-refractivity contribution in [1.29, 1.82) is 5.26 Å². The minimum atomic E-state index is -0.0971. The van der Waals surface area contributed by atoms with Gasteiger partial charge in [0.1, 0.15) is 0 Å². The molecule has 0 bridgehead atoms. The van der Waals surface area contributed by atoms with Gasteiger partial charge < -0.3 is 5.32 Å². The highest BCUT2D eigenvalue weighted by atomic mass is 16.1. The zero-order valence-electron chi connectivity index (χ0n) is 11.8. The van der Waals surface area contributed by atoms with Crippen molar-refractivity contribution in [2.75, 3.05) is 0 Å². The number of carbonyl (C=O) groups is 1. The molecule has 1 N–H and O–H groups in total. The van der Waals surface area contributed by atoms with Crippen LogP contribution in [0.5, 0.6) is 0 Å². The highest BCUT2D eigenvalue weighted by molar-refractivity contribution is 5.94. The summed E-state index contributed by atoms with van der Waals surface area (Å²) in [7, 11) is 0. The number of hydrogen-bond donors (Lipinski definition) is 1. The average molecular weight is 258 g/mol. The fourth-order valence-electron chi connectivity index (χ4n) is 1.99. The fraction of sp³-hybridized carbons (Fsp3) is 0.500. The maximum Gasteiger partial charge on any atom is 0.251 e. The van der Waals surface area contributed by atoms with Gasteiger partial charge in [-0.2, -0.15) is 5.26 Å². The smallest absolute Gasteiger partial charge is 0.251 e. The van der Waals surface area contributed by atoms with E-state index in [1.54, 1.807) is 24.3 Å². The van der Waals surface area contributed by atoms with Crippen LogP contribution in [0.4, 0.5) is 0 Å². The molecule has 19 heavy (non-hydrogen) atoms. The quantitative estimate of drug-likeness (QED) is 0.759. The van der Waals surface area contributed by atoms with Crippen molar-refractivity contribution in [3.63, 3.8) is 0 Å². The van der Waals surface area contributed by atoms with Crippen LogP contribution in [0.25, 0.3) is 0 Å². The molecule has 102 valence electrons. The van der Waals surface area contributed by atoms with Crippen molar-refractivity contribution in [2.24, 2.45) is 0 Å². The number of nitriles is 1. The molecule has 0 radical (unpaired) electrons. The maximum absolute atomic E-state index is 12.0. The number of amides is 1. The highest BCUT2D eigenvalue weighted by Crippen LogP contribution is 2.08. The number of benzene rings is 1. The lowest BCUT2D eigenvalue weighted by Crippen LogP contribution is -2.32. The molecule has 0 saturated carbocycles. The van der Waals surface area contributed by atoms with Gasteiger partial charge in [-0.3, -0.25) is 4.79 Å². The monoisotopic (exact) mass is 258 g/mol. The molecule has 0 fully saturated rings. The van der Waals surface area contributed by atoms with Crippen molar-refractivity contribution < 1.29 is 4.79 Å². The van der Waals surface area contributed by atoms with Gasteiger partial charge in [-0.1, -0.05) is 38.7 Å². The first-order valence-electron chi connectivity index (χ1n) is 6.98. The summed E-state index contributed by atoms with van der Waals surface area (Å²) in [5.74, 6) is -0.0971. The van der Waals surface area contributed by atoms with E-state index in [0.29, 0.717) is 11.1 Å². The molecule has 1 aromatic rings. The first kappa shape index (κ1) is 15.2. The molecule has 1 rings (SSSR count). The molecule has 0 heterocycles. The first-order valence-corrected chi connectivity index (χ1v) is 6.98. The Balaban J connectivity index is 2.43. The summed E-state index contributed by atoms with van der Waals surface area (Å²) in [6.45, 7) is 4.21. The molecule has 0 saturated heterocycles. The van der Waals surface area contributed by atoms with Crippen molar-refractivity contribution in [2.45, 2.75) is 52.0 Å². The zero-order valence-corrected chi connectivity index (χ0v) is 11.8. The Morgan fingerprint density at radius 2 is 2.16 bits per heavy atom. The normalized spacial score (nSPS) is 11.6. The molecule has 0 spiro atoms. The zero-order chi connectivity index (χ0) is 14.1. The van der Waals surface area contributed by atoms with Crippen LogP contribution in [0.3, 0.4) is 0 Å². The topological polar surface area (TPSA) is 52.9 Å². The molecule has 1 unspecified atom stereocenters. The van der Waals surface area contributed by atoms with E-state index in [2.05, 4.69) is 12.2 Å². The first-order chi connectivity index (χ1) is 9.17. The lowest BCUT2D eigenvalue weighted by atomic mass is 10.1. The van der Waals surface area contributed by atoms with Gasteiger partial charge in [0.2, 0.25) is 0 Å². The second-order valence-corrected chi connectivity index (χ2v) is 4.92. The van der Waals surface area contributed by atoms with Crippen LogP contribution in [-0.2, 0) is 0 Å². The van der Waals surface area contributed by atoms with Crippen LogP contribution in [0.1, 0.15) is 61.9 Å². The second-order valence-electron chi connectivity index (χ2n) is 4.92. The van der Waals surface area contributed by atoms with Crippen molar-refractivity contribution in [1.82, 2.24) is 5.32 Å². The molecule has 1 amide bonds. The van der Waals surface area contributed by atoms with E-state index in [0.717, 1.165) is 12.8 Å². The van der Waals surface area contributed by atoms with Crippen LogP contribution < -0.4 is 5.32 Å². The predicted molar refractivity (Wildman–Crippen MR) is 76.8 cm³/mol. The number of hydrogen-bond acceptors (Lipinski definition) is 2. The van der Waals surface area contributed by atoms with Crippen LogP contribution in [0, 0.1) is 11.3 Å². The molecule has 0 aliphatic carbocycles. The van der Waals surface area contributed by atoms with E-state index < -0.39 is 0 Å². The molecular formula is C16H22N2O. The number of carbonyl (C=O) groups excluding carboxylic acids is 1. The van der Waals surface area contributed by atoms with Crippen LogP contribution in [0.15, 0.2) is 24.3 Å². The van der Waals surface area contributed by atoms with Crippen molar-refractivity contribution in [3.05, 3.63) is 35.4 Å². The molecule has 3 nitrogen and oxygen atoms in total. The van der Waals surface area contributed by atoms with Gasteiger partial charge in [0.15, 0.2) is 0 Å². The Morgan fingerprint density at radius 3 is 2.84 bits per heavy atom. The Morgan fingerprint density at radius 1 is 1.37 bits per heavy atom. The summed E-state index contributed by atoms with van der Waals surface area (Å²) in [4.78, 5) is 12.0. The maximum atomic E-state index is 12.0. The molecule has 0 aliphatic rings. The summed E-state index contributed by atoms with van der Waals surface area (Å²) in [5, 5.41) is 11.8. The summed E-state index contributed by atoms with van der Waals surface area (Å²) in [6, 6.07) is 9.01. The van der Waals surface area contributed by atoms with Gasteiger partial charge in [0.05, 0.1) is 11.6 Å². The predicted octanol–water partition coefficient (Wildman–Crippen LogP) is 3.65. The van der Waals surface area contributed by atoms with Gasteiger partial charge in [-0.05, 0) is 31.5 Å². The van der Waals surface area contributed by atoms with Gasteiger partial charge >= 0.3 is 0 Å². The molecule has 3 heteroatoms. The van der Waals surface area contributed by atoms with Crippen molar-refractivity contribution in [3.8, 4) is 6.07 Å². The van der Waals surface area contributed by atoms with Gasteiger partial charge in [-0.25, -0.2) is 0 Å². The minimum Gasteiger partial charge on any atom is -0.350 e. The Kier molecular flexibility index (Phi) is 6.67. The third-order valence-corrected chi connectivity index (χ3v) is 3.12. The summed E-state index contributed by atoms with van der Waals surface area (Å²) in [6.07, 6.45) is 5.85. The van der Waals surface area contributed by atoms with E-state index in [9.17, 15) is 4.79 Å². The Hall–Kier alpha value is -1.82. The van der Waals surface area contributed by atoms with E-state index in [4.69, 9.17) is 5.26 Å². The summed E-state index contributed by atoms with van der Waals surface area (Å²) < 4.78 is 0. The van der Waals surface area contributed by atoms with E-state index in [-0.39, 0.29) is 11.9 Å². The Bertz CT molecular complexity index is 448. The SMILES string of the molecule is CCCCCCC(C)NC(=O)c1cccc(C#N)c1. The molecule has 0 aliphatic heterocycles. The lowest BCUT2D eigenvalue weighted by Gasteiger charge is -2.13. The molecule has 1 aromatic carbocycles. The third kappa shape index (κ3) is 5.56.